The van der Waals surface area contributed by atoms with Gasteiger partial charge in [-0.05, 0) is 129 Å². The molecule has 43 heavy (non-hydrogen) atoms. The predicted octanol–water partition coefficient (Wildman–Crippen LogP) is 5.62. The fourth-order valence-electron chi connectivity index (χ4n) is 10.0. The third-order valence-corrected chi connectivity index (χ3v) is 12.3. The van der Waals surface area contributed by atoms with Gasteiger partial charge in [-0.15, -0.1) is 12.3 Å². The van der Waals surface area contributed by atoms with Gasteiger partial charge < -0.3 is 20.8 Å². The molecule has 0 aromatic rings. The second-order valence-corrected chi connectivity index (χ2v) is 14.4. The van der Waals surface area contributed by atoms with Crippen molar-refractivity contribution in [3.8, 4) is 12.3 Å². The van der Waals surface area contributed by atoms with Crippen LogP contribution in [-0.2, 0) is 9.59 Å². The van der Waals surface area contributed by atoms with Crippen LogP contribution in [0.3, 0.4) is 0 Å². The number of carbonyl (C=O) groups is 2. The van der Waals surface area contributed by atoms with Crippen molar-refractivity contribution < 1.29 is 19.8 Å². The third-order valence-electron chi connectivity index (χ3n) is 12.3. The summed E-state index contributed by atoms with van der Waals surface area (Å²) < 4.78 is 0. The van der Waals surface area contributed by atoms with Crippen molar-refractivity contribution in [3.63, 3.8) is 0 Å². The number of fused-ring (bicyclic) bond motifs is 5. The number of nitrogens with one attached hydrogen (secondary N) is 2. The zero-order chi connectivity index (χ0) is 31.2. The van der Waals surface area contributed by atoms with Gasteiger partial charge in [0, 0.05) is 24.3 Å². The largest absolute Gasteiger partial charge is 0.393 e. The smallest absolute Gasteiger partial charge is 0.245 e. The highest BCUT2D eigenvalue weighted by molar-refractivity contribution is 5.88. The summed E-state index contributed by atoms with van der Waals surface area (Å²) in [5, 5.41) is 31.0. The fraction of sp³-hybridized carbons (Fsp3) is 0.824. The van der Waals surface area contributed by atoms with Crippen LogP contribution in [0.2, 0.25) is 0 Å². The Kier molecular flexibility index (Phi) is 11.3. The van der Waals surface area contributed by atoms with Crippen LogP contribution in [0.15, 0.2) is 17.3 Å². The normalized spacial score (nSPS) is 38.0. The number of hydrogen-bond acceptors (Lipinski definition) is 5. The predicted molar refractivity (Wildman–Crippen MR) is 167 cm³/mol. The molecule has 2 amide bonds. The number of hydrogen-bond donors (Lipinski definition) is 4. The first-order chi connectivity index (χ1) is 20.5. The number of azide groups is 1. The minimum atomic E-state index is -0.656. The molecule has 0 aliphatic heterocycles. The maximum Gasteiger partial charge on any atom is 0.245 e. The lowest BCUT2D eigenvalue weighted by molar-refractivity contribution is -0.174. The van der Waals surface area contributed by atoms with Crippen LogP contribution in [0.4, 0.5) is 0 Å². The highest BCUT2D eigenvalue weighted by atomic mass is 16.3. The van der Waals surface area contributed by atoms with Crippen molar-refractivity contribution >= 4 is 11.8 Å². The Morgan fingerprint density at radius 1 is 1.14 bits per heavy atom. The van der Waals surface area contributed by atoms with Crippen LogP contribution in [-0.4, -0.2) is 46.9 Å². The standard InChI is InChI=1S/C34H53N5O4/c1-5-9-30(38-32(43)12-8-19-36-39-35)37-31(42)11-7-6-10-22(2)26-15-16-27-25-14-13-23-20-24(40)17-18-33(23,3)28(25)21-29(41)34(26,27)4/h1,7,11,22-30,40-41H,6,8-10,12-21H2,2-4H3,(H,37,42)(H,38,43). The van der Waals surface area contributed by atoms with Crippen molar-refractivity contribution in [3.05, 3.63) is 22.6 Å². The zero-order valence-corrected chi connectivity index (χ0v) is 26.4. The van der Waals surface area contributed by atoms with Crippen molar-refractivity contribution in [2.45, 2.75) is 123 Å². The molecule has 11 atom stereocenters. The molecule has 0 aromatic carbocycles. The number of terminal acetylenes is 1. The molecule has 0 heterocycles. The summed E-state index contributed by atoms with van der Waals surface area (Å²) >= 11 is 0. The van der Waals surface area contributed by atoms with E-state index >= 15 is 0 Å². The topological polar surface area (TPSA) is 147 Å². The number of carbonyl (C=O) groups excluding carboxylic acids is 2. The minimum Gasteiger partial charge on any atom is -0.393 e. The minimum absolute atomic E-state index is 0.0688. The van der Waals surface area contributed by atoms with Gasteiger partial charge in [-0.25, -0.2) is 0 Å². The van der Waals surface area contributed by atoms with Crippen molar-refractivity contribution in [2.24, 2.45) is 51.5 Å². The number of nitrogens with zero attached hydrogens (tertiary/aromatic N) is 3. The van der Waals surface area contributed by atoms with Gasteiger partial charge in [0.2, 0.25) is 11.8 Å². The number of amides is 2. The average Bonchev–Trinajstić information content (AvgIpc) is 3.33. The molecule has 4 fully saturated rings. The Morgan fingerprint density at radius 2 is 1.93 bits per heavy atom. The SMILES string of the molecule is C#CCC(NC(=O)C=CCCC(C)C1CCC2C3CCC4CC(O)CCC4(C)C3CC(O)C12C)NC(=O)CCCN=[N+]=[N-]. The van der Waals surface area contributed by atoms with Crippen LogP contribution < -0.4 is 10.6 Å². The van der Waals surface area contributed by atoms with Crippen LogP contribution in [0.1, 0.15) is 104 Å². The summed E-state index contributed by atoms with van der Waals surface area (Å²) in [5.41, 5.74) is 8.51. The summed E-state index contributed by atoms with van der Waals surface area (Å²) in [5.74, 6) is 5.19. The third kappa shape index (κ3) is 7.24. The van der Waals surface area contributed by atoms with E-state index in [0.717, 1.165) is 44.9 Å². The van der Waals surface area contributed by atoms with Gasteiger partial charge in [-0.3, -0.25) is 9.59 Å². The lowest BCUT2D eigenvalue weighted by Gasteiger charge is -2.62. The van der Waals surface area contributed by atoms with Gasteiger partial charge in [0.25, 0.3) is 0 Å². The van der Waals surface area contributed by atoms with Crippen LogP contribution >= 0.6 is 0 Å². The highest BCUT2D eigenvalue weighted by Crippen LogP contribution is 2.68. The van der Waals surface area contributed by atoms with E-state index in [1.807, 2.05) is 6.08 Å². The molecule has 238 valence electrons. The molecule has 4 aliphatic carbocycles. The fourth-order valence-corrected chi connectivity index (χ4v) is 10.0. The summed E-state index contributed by atoms with van der Waals surface area (Å²) in [6.07, 6.45) is 18.9. The van der Waals surface area contributed by atoms with Gasteiger partial charge in [-0.2, -0.15) is 0 Å². The van der Waals surface area contributed by atoms with Gasteiger partial charge >= 0.3 is 0 Å². The van der Waals surface area contributed by atoms with E-state index in [9.17, 15) is 19.8 Å². The molecule has 9 nitrogen and oxygen atoms in total. The maximum atomic E-state index is 12.5. The maximum absolute atomic E-state index is 12.5. The van der Waals surface area contributed by atoms with Crippen molar-refractivity contribution in [1.29, 1.82) is 0 Å². The zero-order valence-electron chi connectivity index (χ0n) is 26.4. The van der Waals surface area contributed by atoms with Crippen molar-refractivity contribution in [1.82, 2.24) is 10.6 Å². The Labute approximate surface area is 257 Å². The summed E-state index contributed by atoms with van der Waals surface area (Å²) in [6.45, 7) is 7.38. The van der Waals surface area contributed by atoms with Gasteiger partial charge in [-0.1, -0.05) is 32.0 Å². The molecule has 0 bridgehead atoms. The van der Waals surface area contributed by atoms with Gasteiger partial charge in [0.1, 0.15) is 6.17 Å². The molecule has 0 saturated heterocycles. The molecule has 0 radical (unpaired) electrons. The van der Waals surface area contributed by atoms with Crippen LogP contribution in [0.25, 0.3) is 10.4 Å². The van der Waals surface area contributed by atoms with E-state index in [1.165, 1.54) is 25.3 Å². The highest BCUT2D eigenvalue weighted by Gasteiger charge is 2.63. The Hall–Kier alpha value is -2.53. The molecule has 0 spiro atoms. The molecule has 4 aliphatic rings. The molecule has 4 N–H and O–H groups in total. The van der Waals surface area contributed by atoms with E-state index < -0.39 is 6.17 Å². The summed E-state index contributed by atoms with van der Waals surface area (Å²) in [7, 11) is 0. The van der Waals surface area contributed by atoms with E-state index in [4.69, 9.17) is 12.0 Å². The number of aliphatic hydroxyl groups excluding tert-OH is 2. The van der Waals surface area contributed by atoms with E-state index in [-0.39, 0.29) is 54.2 Å². The first kappa shape index (κ1) is 33.4. The Bertz CT molecular complexity index is 1110. The molecule has 4 rings (SSSR count). The lowest BCUT2D eigenvalue weighted by atomic mass is 9.43. The van der Waals surface area contributed by atoms with E-state index in [1.54, 1.807) is 0 Å². The van der Waals surface area contributed by atoms with E-state index in [0.29, 0.717) is 41.9 Å². The number of aliphatic hydroxyl groups is 2. The lowest BCUT2D eigenvalue weighted by Crippen LogP contribution is -2.58. The monoisotopic (exact) mass is 595 g/mol. The van der Waals surface area contributed by atoms with Crippen LogP contribution in [0.5, 0.6) is 0 Å². The molecular formula is C34H53N5O4. The second kappa shape index (κ2) is 14.5. The van der Waals surface area contributed by atoms with Crippen molar-refractivity contribution in [2.75, 3.05) is 6.54 Å². The molecule has 0 aromatic heterocycles. The number of rotatable bonds is 12. The summed E-state index contributed by atoms with van der Waals surface area (Å²) in [4.78, 5) is 27.4. The quantitative estimate of drug-likeness (QED) is 0.0441. The van der Waals surface area contributed by atoms with Crippen LogP contribution in [0, 0.1) is 58.7 Å². The van der Waals surface area contributed by atoms with E-state index in [2.05, 4.69) is 47.4 Å². The molecule has 9 heteroatoms. The second-order valence-electron chi connectivity index (χ2n) is 14.4. The average molecular weight is 596 g/mol. The first-order valence-corrected chi connectivity index (χ1v) is 16.6. The molecular weight excluding hydrogens is 542 g/mol. The Balaban J connectivity index is 1.28. The van der Waals surface area contributed by atoms with Gasteiger partial charge in [0.05, 0.1) is 12.2 Å². The Morgan fingerprint density at radius 3 is 2.67 bits per heavy atom. The summed E-state index contributed by atoms with van der Waals surface area (Å²) in [6, 6.07) is 0. The number of allylic oxidation sites excluding steroid dienone is 1. The first-order valence-electron chi connectivity index (χ1n) is 16.6. The molecule has 4 saturated carbocycles. The van der Waals surface area contributed by atoms with Gasteiger partial charge in [0.15, 0.2) is 0 Å². The molecule has 11 unspecified atom stereocenters.